The maximum absolute atomic E-state index is 15.5. The van der Waals surface area contributed by atoms with Gasteiger partial charge in [-0.3, -0.25) is 14.5 Å². The van der Waals surface area contributed by atoms with Gasteiger partial charge in [-0.05, 0) is 63.4 Å². The molecule has 3 aromatic heterocycles. The number of nitrogens with one attached hydrogen (secondary N) is 2. The van der Waals surface area contributed by atoms with Crippen LogP contribution in [0.5, 0.6) is 0 Å². The van der Waals surface area contributed by atoms with E-state index in [1.165, 1.54) is 30.4 Å². The molecule has 1 aliphatic heterocycles. The Morgan fingerprint density at radius 1 is 1.17 bits per heavy atom. The fraction of sp³-hybridized carbons (Fsp3) is 0.361. The van der Waals surface area contributed by atoms with E-state index in [9.17, 15) is 32.3 Å². The lowest BCUT2D eigenvalue weighted by atomic mass is 9.81. The monoisotopic (exact) mass is 723 g/mol. The van der Waals surface area contributed by atoms with Gasteiger partial charge in [0.25, 0.3) is 12.3 Å². The van der Waals surface area contributed by atoms with Gasteiger partial charge in [-0.1, -0.05) is 30.1 Å². The van der Waals surface area contributed by atoms with Gasteiger partial charge >= 0.3 is 5.69 Å². The van der Waals surface area contributed by atoms with Gasteiger partial charge in [0.2, 0.25) is 5.91 Å². The fourth-order valence-corrected chi connectivity index (χ4v) is 7.05. The highest BCUT2D eigenvalue weighted by Gasteiger charge is 2.60. The minimum atomic E-state index is -3.56. The Labute approximate surface area is 292 Å². The van der Waals surface area contributed by atoms with Crippen LogP contribution in [0.4, 0.5) is 26.3 Å². The summed E-state index contributed by atoms with van der Waals surface area (Å²) in [7, 11) is 0. The Balaban J connectivity index is 1.31. The molecule has 0 saturated carbocycles. The number of hydrogen-bond acceptors (Lipinski definition) is 6. The van der Waals surface area contributed by atoms with Gasteiger partial charge in [-0.15, -0.1) is 0 Å². The molecule has 16 heteroatoms. The number of dihydropyridines is 1. The summed E-state index contributed by atoms with van der Waals surface area (Å²) in [5.74, 6) is -2.97. The maximum Gasteiger partial charge on any atom is 0.347 e. The van der Waals surface area contributed by atoms with Crippen molar-refractivity contribution in [1.29, 1.82) is 0 Å². The third-order valence-corrected chi connectivity index (χ3v) is 9.30. The molecule has 4 aromatic rings. The maximum atomic E-state index is 15.5. The molecule has 270 valence electrons. The van der Waals surface area contributed by atoms with Crippen LogP contribution in [0.15, 0.2) is 58.3 Å². The number of hydrogen-bond donors (Lipinski definition) is 3. The molecule has 3 aliphatic rings. The average molecular weight is 724 g/mol. The van der Waals surface area contributed by atoms with Crippen LogP contribution < -0.4 is 11.0 Å². The molecule has 3 N–H and O–H groups in total. The lowest BCUT2D eigenvalue weighted by Gasteiger charge is -2.28. The first-order valence-corrected chi connectivity index (χ1v) is 16.3. The molecule has 0 bridgehead atoms. The van der Waals surface area contributed by atoms with Crippen LogP contribution in [-0.4, -0.2) is 58.8 Å². The van der Waals surface area contributed by atoms with Gasteiger partial charge < -0.3 is 10.4 Å². The number of amides is 1. The number of aliphatic imine (C=N–C) groups is 1. The van der Waals surface area contributed by atoms with Crippen LogP contribution in [0.3, 0.4) is 0 Å². The molecule has 1 aromatic carbocycles. The number of allylic oxidation sites excluding steroid dienone is 2. The van der Waals surface area contributed by atoms with Crippen LogP contribution in [0.1, 0.15) is 66.4 Å². The summed E-state index contributed by atoms with van der Waals surface area (Å²) in [6.07, 6.45) is 1.19. The highest BCUT2D eigenvalue weighted by atomic mass is 19.3. The summed E-state index contributed by atoms with van der Waals surface area (Å²) < 4.78 is 89.8. The summed E-state index contributed by atoms with van der Waals surface area (Å²) >= 11 is 0. The molecule has 0 fully saturated rings. The number of aromatic nitrogens is 5. The van der Waals surface area contributed by atoms with E-state index in [0.717, 1.165) is 12.1 Å². The molecular formula is C36H31F6N7O3. The van der Waals surface area contributed by atoms with Crippen molar-refractivity contribution < 1.29 is 36.2 Å². The largest absolute Gasteiger partial charge is 0.378 e. The van der Waals surface area contributed by atoms with Crippen molar-refractivity contribution in [2.75, 3.05) is 0 Å². The molecular weight excluding hydrogens is 692 g/mol. The number of fused-ring (bicyclic) bond motifs is 4. The molecule has 4 heterocycles. The molecule has 4 atom stereocenters. The van der Waals surface area contributed by atoms with E-state index in [1.807, 2.05) is 0 Å². The zero-order valence-corrected chi connectivity index (χ0v) is 27.9. The normalized spacial score (nSPS) is 20.8. The van der Waals surface area contributed by atoms with Gasteiger partial charge in [-0.2, -0.15) is 19.0 Å². The number of carbonyl (C=O) groups is 1. The van der Waals surface area contributed by atoms with Crippen molar-refractivity contribution in [2.45, 2.75) is 76.1 Å². The first-order chi connectivity index (χ1) is 24.5. The molecule has 0 saturated heterocycles. The van der Waals surface area contributed by atoms with E-state index in [1.54, 1.807) is 25.1 Å². The number of carbonyl (C=O) groups excluding carboxylic acids is 1. The Morgan fingerprint density at radius 3 is 2.56 bits per heavy atom. The average Bonchev–Trinajstić information content (AvgIpc) is 3.63. The van der Waals surface area contributed by atoms with Gasteiger partial charge in [0.1, 0.15) is 41.2 Å². The van der Waals surface area contributed by atoms with E-state index < -0.39 is 83.0 Å². The lowest BCUT2D eigenvalue weighted by molar-refractivity contribution is -0.122. The molecule has 4 unspecified atom stereocenters. The Morgan fingerprint density at radius 2 is 1.90 bits per heavy atom. The zero-order valence-electron chi connectivity index (χ0n) is 27.9. The van der Waals surface area contributed by atoms with Gasteiger partial charge in [0, 0.05) is 34.4 Å². The van der Waals surface area contributed by atoms with Crippen LogP contribution in [-0.2, 0) is 23.7 Å². The third-order valence-electron chi connectivity index (χ3n) is 9.30. The quantitative estimate of drug-likeness (QED) is 0.135. The highest BCUT2D eigenvalue weighted by molar-refractivity contribution is 6.27. The number of halogens is 6. The second-order valence-corrected chi connectivity index (χ2v) is 13.5. The van der Waals surface area contributed by atoms with Gasteiger partial charge in [0.05, 0.1) is 17.7 Å². The smallest absolute Gasteiger partial charge is 0.347 e. The number of H-pyrrole nitrogens is 1. The third kappa shape index (κ3) is 6.23. The van der Waals surface area contributed by atoms with E-state index in [0.29, 0.717) is 33.2 Å². The molecule has 2 aliphatic carbocycles. The summed E-state index contributed by atoms with van der Waals surface area (Å²) in [6, 6.07) is 4.07. The van der Waals surface area contributed by atoms with Crippen LogP contribution in [0, 0.1) is 36.3 Å². The Kier molecular flexibility index (Phi) is 8.52. The number of nitrogens with zero attached hydrogens (tertiary/aromatic N) is 5. The predicted molar refractivity (Wildman–Crippen MR) is 177 cm³/mol. The second-order valence-electron chi connectivity index (χ2n) is 13.5. The predicted octanol–water partition coefficient (Wildman–Crippen LogP) is 4.92. The van der Waals surface area contributed by atoms with Crippen LogP contribution >= 0.6 is 0 Å². The minimum Gasteiger partial charge on any atom is -0.378 e. The Hall–Kier alpha value is -5.43. The van der Waals surface area contributed by atoms with Gasteiger partial charge in [0.15, 0.2) is 5.65 Å². The number of rotatable bonds is 8. The van der Waals surface area contributed by atoms with Crippen molar-refractivity contribution in [3.8, 4) is 11.8 Å². The minimum absolute atomic E-state index is 0.0990. The number of aryl methyl sites for hydroxylation is 1. The SMILES string of the molecule is Cc1c(C2=CCC(C#CC(C)(C)O)N=C2C(Cc2cc(F)cc(F)c2)NC(=O)Cn2nc(C(F)F)c3c2C(F)(F)C2C=CC32)ccc2n[nH]c(=O)n12. The highest BCUT2D eigenvalue weighted by Crippen LogP contribution is 2.59. The van der Waals surface area contributed by atoms with E-state index >= 15 is 8.78 Å². The molecule has 52 heavy (non-hydrogen) atoms. The summed E-state index contributed by atoms with van der Waals surface area (Å²) in [5, 5.41) is 23.1. The Bertz CT molecular complexity index is 2320. The molecule has 1 amide bonds. The number of pyridine rings is 1. The van der Waals surface area contributed by atoms with Gasteiger partial charge in [-0.25, -0.2) is 31.9 Å². The number of aromatic amines is 1. The fourth-order valence-electron chi connectivity index (χ4n) is 7.05. The number of benzene rings is 1. The second kappa shape index (κ2) is 12.7. The van der Waals surface area contributed by atoms with Crippen molar-refractivity contribution in [1.82, 2.24) is 29.7 Å². The van der Waals surface area contributed by atoms with E-state index in [-0.39, 0.29) is 29.7 Å². The van der Waals surface area contributed by atoms with Crippen molar-refractivity contribution in [3.63, 3.8) is 0 Å². The van der Waals surface area contributed by atoms with Crippen LogP contribution in [0.2, 0.25) is 0 Å². The molecule has 0 spiro atoms. The van der Waals surface area contributed by atoms with Crippen LogP contribution in [0.25, 0.3) is 11.2 Å². The zero-order chi connectivity index (χ0) is 37.3. The lowest BCUT2D eigenvalue weighted by Crippen LogP contribution is -2.45. The van der Waals surface area contributed by atoms with Crippen molar-refractivity contribution >= 4 is 22.8 Å². The summed E-state index contributed by atoms with van der Waals surface area (Å²) in [5.41, 5.74) is -1.87. The van der Waals surface area contributed by atoms with E-state index in [2.05, 4.69) is 32.5 Å². The van der Waals surface area contributed by atoms with Crippen molar-refractivity contribution in [2.24, 2.45) is 10.9 Å². The summed E-state index contributed by atoms with van der Waals surface area (Å²) in [4.78, 5) is 31.3. The standard InChI is InChI=1S/C36H31F6N7O3/c1-17-22(7-9-27-45-46-34(51)49(17)27)23-5-4-21(10-11-35(2,3)52)43-30(23)26(14-18-12-19(37)15-20(38)13-18)44-28(50)16-48-32-29(31(47-48)33(39)40)24-6-8-25(24)36(32,41)42/h5-9,12-13,15,21,24-26,33,52H,4,14,16H2,1-3H3,(H,44,50)(H,46,51). The number of alkyl halides is 4. The summed E-state index contributed by atoms with van der Waals surface area (Å²) in [6.45, 7) is 3.73. The molecule has 7 rings (SSSR count). The first-order valence-electron chi connectivity index (χ1n) is 16.3. The number of aliphatic hydroxyl groups is 1. The topological polar surface area (TPSA) is 130 Å². The van der Waals surface area contributed by atoms with Crippen molar-refractivity contribution in [3.05, 3.63) is 104 Å². The molecule has 10 nitrogen and oxygen atoms in total. The van der Waals surface area contributed by atoms with E-state index in [4.69, 9.17) is 4.99 Å². The first kappa shape index (κ1) is 35.0. The molecule has 0 radical (unpaired) electrons.